The average molecular weight is 528 g/mol. The zero-order valence-corrected chi connectivity index (χ0v) is 23.2. The number of likely N-dealkylation sites (tertiary alicyclic amines) is 1. The van der Waals surface area contributed by atoms with Gasteiger partial charge in [-0.05, 0) is 69.0 Å². The molecule has 8 heteroatoms. The molecule has 4 aromatic rings. The molecule has 1 saturated heterocycles. The molecule has 7 nitrogen and oxygen atoms in total. The van der Waals surface area contributed by atoms with E-state index in [1.54, 1.807) is 25.8 Å². The van der Waals surface area contributed by atoms with Crippen molar-refractivity contribution in [2.75, 3.05) is 32.5 Å². The van der Waals surface area contributed by atoms with Crippen LogP contribution in [-0.4, -0.2) is 62.9 Å². The zero-order valence-electron chi connectivity index (χ0n) is 22.4. The summed E-state index contributed by atoms with van der Waals surface area (Å²) in [6.45, 7) is 6.89. The summed E-state index contributed by atoms with van der Waals surface area (Å²) in [5, 5.41) is 11.1. The Morgan fingerprint density at radius 3 is 2.87 bits per heavy atom. The second kappa shape index (κ2) is 9.82. The lowest BCUT2D eigenvalue weighted by Crippen LogP contribution is -2.28. The van der Waals surface area contributed by atoms with Gasteiger partial charge in [0.1, 0.15) is 5.75 Å². The van der Waals surface area contributed by atoms with Gasteiger partial charge in [0.2, 0.25) is 0 Å². The molecule has 2 aromatic heterocycles. The number of piperidine rings is 1. The quantitative estimate of drug-likeness (QED) is 0.166. The Morgan fingerprint density at radius 2 is 2.05 bits per heavy atom. The topological polar surface area (TPSA) is 73.1 Å². The highest BCUT2D eigenvalue weighted by Crippen LogP contribution is 2.59. The molecule has 2 aliphatic rings. The predicted molar refractivity (Wildman–Crippen MR) is 151 cm³/mol. The maximum atomic E-state index is 12.1. The summed E-state index contributed by atoms with van der Waals surface area (Å²) in [5.74, 6) is 3.27. The van der Waals surface area contributed by atoms with Crippen LogP contribution in [0.3, 0.4) is 0 Å². The van der Waals surface area contributed by atoms with Gasteiger partial charge in [0, 0.05) is 47.9 Å². The molecule has 1 saturated carbocycles. The number of aryl methyl sites for hydroxylation is 1. The van der Waals surface area contributed by atoms with Crippen molar-refractivity contribution < 1.29 is 9.53 Å². The number of rotatable bonds is 9. The summed E-state index contributed by atoms with van der Waals surface area (Å²) < 4.78 is 7.50. The minimum atomic E-state index is 0.0586. The van der Waals surface area contributed by atoms with Gasteiger partial charge in [-0.15, -0.1) is 10.2 Å². The van der Waals surface area contributed by atoms with Gasteiger partial charge in [-0.25, -0.2) is 0 Å². The van der Waals surface area contributed by atoms with Crippen LogP contribution in [0.2, 0.25) is 0 Å². The standard InChI is InChI=1S/C30H33N5O2S/c1-19-9-11-23-24(7-5-8-26(23)31-19)28-32-33-29(34(28)3)38-14-6-13-35-17-22-16-30(22,18-35)21-10-12-27(37-4)25(15-21)20(2)36/h5,7-12,15,22H,6,13-14,16-18H2,1-4H3/t22-,30?/m1/s1. The highest BCUT2D eigenvalue weighted by molar-refractivity contribution is 7.99. The molecular weight excluding hydrogens is 494 g/mol. The van der Waals surface area contributed by atoms with E-state index in [0.29, 0.717) is 17.2 Å². The molecule has 1 aliphatic carbocycles. The molecule has 38 heavy (non-hydrogen) atoms. The first-order valence-corrected chi connectivity index (χ1v) is 14.2. The fourth-order valence-corrected chi connectivity index (χ4v) is 6.91. The van der Waals surface area contributed by atoms with Crippen molar-refractivity contribution in [1.82, 2.24) is 24.6 Å². The molecule has 3 heterocycles. The van der Waals surface area contributed by atoms with Crippen LogP contribution < -0.4 is 4.74 Å². The molecule has 0 spiro atoms. The summed E-state index contributed by atoms with van der Waals surface area (Å²) in [6.07, 6.45) is 2.31. The molecule has 2 fully saturated rings. The third kappa shape index (κ3) is 4.39. The van der Waals surface area contributed by atoms with Gasteiger partial charge in [0.05, 0.1) is 18.2 Å². The van der Waals surface area contributed by atoms with E-state index in [4.69, 9.17) is 4.74 Å². The first-order chi connectivity index (χ1) is 18.4. The molecule has 196 valence electrons. The Bertz CT molecular complexity index is 1530. The zero-order chi connectivity index (χ0) is 26.4. The molecule has 0 amide bonds. The second-order valence-electron chi connectivity index (χ2n) is 10.7. The van der Waals surface area contributed by atoms with Crippen LogP contribution in [0.5, 0.6) is 5.75 Å². The van der Waals surface area contributed by atoms with E-state index in [9.17, 15) is 4.79 Å². The number of carbonyl (C=O) groups excluding carboxylic acids is 1. The fraction of sp³-hybridized carbons (Fsp3) is 0.400. The molecule has 1 aliphatic heterocycles. The van der Waals surface area contributed by atoms with Crippen molar-refractivity contribution >= 4 is 28.4 Å². The average Bonchev–Trinajstić information content (AvgIpc) is 3.29. The maximum absolute atomic E-state index is 12.1. The van der Waals surface area contributed by atoms with Gasteiger partial charge in [-0.2, -0.15) is 0 Å². The molecule has 6 rings (SSSR count). The van der Waals surface area contributed by atoms with Gasteiger partial charge in [0.25, 0.3) is 0 Å². The number of aromatic nitrogens is 4. The van der Waals surface area contributed by atoms with Crippen molar-refractivity contribution in [2.24, 2.45) is 13.0 Å². The highest BCUT2D eigenvalue weighted by atomic mass is 32.2. The summed E-state index contributed by atoms with van der Waals surface area (Å²) in [4.78, 5) is 19.4. The van der Waals surface area contributed by atoms with E-state index in [1.807, 2.05) is 38.2 Å². The third-order valence-electron chi connectivity index (χ3n) is 8.17. The van der Waals surface area contributed by atoms with Gasteiger partial charge in [-0.3, -0.25) is 9.78 Å². The van der Waals surface area contributed by atoms with Crippen LogP contribution in [0.15, 0.2) is 53.7 Å². The number of ether oxygens (including phenoxy) is 1. The normalized spacial score (nSPS) is 20.6. The number of pyridine rings is 1. The number of benzene rings is 2. The molecule has 2 atom stereocenters. The van der Waals surface area contributed by atoms with Gasteiger partial charge < -0.3 is 14.2 Å². The van der Waals surface area contributed by atoms with Gasteiger partial charge >= 0.3 is 0 Å². The van der Waals surface area contributed by atoms with Gasteiger partial charge in [0.15, 0.2) is 16.8 Å². The van der Waals surface area contributed by atoms with Crippen LogP contribution in [0, 0.1) is 12.8 Å². The maximum Gasteiger partial charge on any atom is 0.191 e. The number of ketones is 1. The third-order valence-corrected chi connectivity index (χ3v) is 9.27. The first kappa shape index (κ1) is 25.1. The van der Waals surface area contributed by atoms with E-state index in [-0.39, 0.29) is 11.2 Å². The van der Waals surface area contributed by atoms with E-state index in [2.05, 4.69) is 48.9 Å². The number of nitrogens with zero attached hydrogens (tertiary/aromatic N) is 5. The number of methoxy groups -OCH3 is 1. The van der Waals surface area contributed by atoms with E-state index in [0.717, 1.165) is 64.9 Å². The molecule has 0 radical (unpaired) electrons. The minimum Gasteiger partial charge on any atom is -0.496 e. The van der Waals surface area contributed by atoms with Crippen LogP contribution in [0.4, 0.5) is 0 Å². The van der Waals surface area contributed by atoms with Crippen LogP contribution >= 0.6 is 11.8 Å². The van der Waals surface area contributed by atoms with Crippen molar-refractivity contribution in [1.29, 1.82) is 0 Å². The SMILES string of the molecule is COc1ccc(C23C[C@@H]2CN(CCCSc2nnc(-c4cccc5nc(C)ccc45)n2C)C3)cc1C(C)=O. The summed E-state index contributed by atoms with van der Waals surface area (Å²) in [6, 6.07) is 16.5. The van der Waals surface area contributed by atoms with Crippen LogP contribution in [0.1, 0.15) is 41.4 Å². The lowest BCUT2D eigenvalue weighted by Gasteiger charge is -2.21. The van der Waals surface area contributed by atoms with Crippen molar-refractivity contribution in [2.45, 2.75) is 37.3 Å². The molecule has 1 unspecified atom stereocenters. The second-order valence-corrected chi connectivity index (χ2v) is 11.7. The number of carbonyl (C=O) groups is 1. The predicted octanol–water partition coefficient (Wildman–Crippen LogP) is 5.31. The Hall–Kier alpha value is -3.23. The van der Waals surface area contributed by atoms with E-state index in [1.165, 1.54) is 12.0 Å². The molecule has 0 bridgehead atoms. The monoisotopic (exact) mass is 527 g/mol. The number of hydrogen-bond donors (Lipinski definition) is 0. The van der Waals surface area contributed by atoms with Crippen LogP contribution in [0.25, 0.3) is 22.3 Å². The Balaban J connectivity index is 1.07. The largest absolute Gasteiger partial charge is 0.496 e. The lowest BCUT2D eigenvalue weighted by molar-refractivity contribution is 0.101. The summed E-state index contributed by atoms with van der Waals surface area (Å²) in [7, 11) is 3.67. The molecular formula is C30H33N5O2S. The molecule has 0 N–H and O–H groups in total. The number of fused-ring (bicyclic) bond motifs is 2. The Kier molecular flexibility index (Phi) is 6.48. The summed E-state index contributed by atoms with van der Waals surface area (Å²) in [5.41, 5.74) is 5.23. The van der Waals surface area contributed by atoms with E-state index >= 15 is 0 Å². The smallest absolute Gasteiger partial charge is 0.191 e. The van der Waals surface area contributed by atoms with E-state index < -0.39 is 0 Å². The Labute approximate surface area is 227 Å². The van der Waals surface area contributed by atoms with Crippen molar-refractivity contribution in [3.8, 4) is 17.1 Å². The van der Waals surface area contributed by atoms with Crippen molar-refractivity contribution in [3.63, 3.8) is 0 Å². The fourth-order valence-electron chi connectivity index (χ4n) is 6.08. The number of hydrogen-bond acceptors (Lipinski definition) is 7. The van der Waals surface area contributed by atoms with Gasteiger partial charge in [-0.1, -0.05) is 36.0 Å². The lowest BCUT2D eigenvalue weighted by atomic mass is 9.92. The van der Waals surface area contributed by atoms with Crippen molar-refractivity contribution in [3.05, 3.63) is 65.4 Å². The summed E-state index contributed by atoms with van der Waals surface area (Å²) >= 11 is 1.77. The molecule has 2 aromatic carbocycles. The number of thioether (sulfide) groups is 1. The van der Waals surface area contributed by atoms with Crippen LogP contribution in [-0.2, 0) is 12.5 Å². The highest BCUT2D eigenvalue weighted by Gasteiger charge is 2.60. The first-order valence-electron chi connectivity index (χ1n) is 13.2. The number of Topliss-reactive ketones (excluding diaryl/α,β-unsaturated/α-hetero) is 1. The minimum absolute atomic E-state index is 0.0586. The Morgan fingerprint density at radius 1 is 1.18 bits per heavy atom.